The Morgan fingerprint density at radius 1 is 1.32 bits per heavy atom. The summed E-state index contributed by atoms with van der Waals surface area (Å²) in [6.07, 6.45) is 5.65. The molecule has 2 aliphatic rings. The highest BCUT2D eigenvalue weighted by Gasteiger charge is 2.40. The Balaban J connectivity index is 1.68. The van der Waals surface area contributed by atoms with Crippen LogP contribution in [0.4, 0.5) is 0 Å². The van der Waals surface area contributed by atoms with Gasteiger partial charge in [-0.15, -0.1) is 0 Å². The summed E-state index contributed by atoms with van der Waals surface area (Å²) in [5, 5.41) is 0.568. The topological polar surface area (TPSA) is 25.4 Å². The van der Waals surface area contributed by atoms with Gasteiger partial charge < -0.3 is 4.74 Å². The van der Waals surface area contributed by atoms with Gasteiger partial charge in [0.2, 0.25) is 0 Å². The lowest BCUT2D eigenvalue weighted by atomic mass is 9.79. The average molecular weight is 281 g/mol. The molecule has 0 aromatic carbocycles. The lowest BCUT2D eigenvalue weighted by molar-refractivity contribution is 0.0175. The van der Waals surface area contributed by atoms with Crippen LogP contribution < -0.4 is 0 Å². The standard InChI is InChI=1S/C15H21ClN2O/c1-12(13-2-3-14(16)17-10-13)18-7-4-15(11-18)5-8-19-9-6-15/h2-3,10,12H,4-9,11H2,1H3. The van der Waals surface area contributed by atoms with E-state index in [1.165, 1.54) is 37.9 Å². The zero-order chi connectivity index (χ0) is 13.3. The van der Waals surface area contributed by atoms with Crippen LogP contribution >= 0.6 is 11.6 Å². The summed E-state index contributed by atoms with van der Waals surface area (Å²) in [4.78, 5) is 6.77. The van der Waals surface area contributed by atoms with Crippen LogP contribution in [0.15, 0.2) is 18.3 Å². The molecule has 19 heavy (non-hydrogen) atoms. The quantitative estimate of drug-likeness (QED) is 0.777. The normalized spacial score (nSPS) is 24.7. The highest BCUT2D eigenvalue weighted by Crippen LogP contribution is 2.42. The van der Waals surface area contributed by atoms with E-state index in [4.69, 9.17) is 16.3 Å². The Bertz CT molecular complexity index is 428. The van der Waals surface area contributed by atoms with Crippen molar-refractivity contribution in [2.45, 2.75) is 32.2 Å². The molecular formula is C15H21ClN2O. The summed E-state index contributed by atoms with van der Waals surface area (Å²) in [5.74, 6) is 0. The molecule has 0 N–H and O–H groups in total. The van der Waals surface area contributed by atoms with E-state index in [0.29, 0.717) is 16.6 Å². The van der Waals surface area contributed by atoms with Crippen LogP contribution in [0.1, 0.15) is 37.8 Å². The van der Waals surface area contributed by atoms with Crippen molar-refractivity contribution in [2.24, 2.45) is 5.41 Å². The number of likely N-dealkylation sites (tertiary alicyclic amines) is 1. The number of aromatic nitrogens is 1. The molecule has 1 aromatic heterocycles. The van der Waals surface area contributed by atoms with Crippen molar-refractivity contribution in [3.8, 4) is 0 Å². The number of halogens is 1. The Labute approximate surface area is 119 Å². The number of nitrogens with zero attached hydrogens (tertiary/aromatic N) is 2. The first-order chi connectivity index (χ1) is 9.19. The molecular weight excluding hydrogens is 260 g/mol. The largest absolute Gasteiger partial charge is 0.381 e. The molecule has 1 spiro atoms. The van der Waals surface area contributed by atoms with Crippen LogP contribution in [0.2, 0.25) is 5.15 Å². The van der Waals surface area contributed by atoms with Gasteiger partial charge in [0.05, 0.1) is 0 Å². The molecule has 0 amide bonds. The molecule has 0 radical (unpaired) electrons. The fourth-order valence-corrected chi connectivity index (χ4v) is 3.47. The number of pyridine rings is 1. The van der Waals surface area contributed by atoms with E-state index in [9.17, 15) is 0 Å². The summed E-state index contributed by atoms with van der Waals surface area (Å²) >= 11 is 5.85. The lowest BCUT2D eigenvalue weighted by Gasteiger charge is -2.34. The summed E-state index contributed by atoms with van der Waals surface area (Å²) in [7, 11) is 0. The van der Waals surface area contributed by atoms with Crippen molar-refractivity contribution in [2.75, 3.05) is 26.3 Å². The van der Waals surface area contributed by atoms with E-state index in [-0.39, 0.29) is 0 Å². The zero-order valence-electron chi connectivity index (χ0n) is 11.4. The van der Waals surface area contributed by atoms with E-state index in [0.717, 1.165) is 13.2 Å². The molecule has 1 atom stereocenters. The van der Waals surface area contributed by atoms with Crippen molar-refractivity contribution in [1.29, 1.82) is 0 Å². The third-order valence-electron chi connectivity index (χ3n) is 4.80. The van der Waals surface area contributed by atoms with Crippen molar-refractivity contribution in [1.82, 2.24) is 9.88 Å². The van der Waals surface area contributed by atoms with Gasteiger partial charge in [-0.1, -0.05) is 17.7 Å². The summed E-state index contributed by atoms with van der Waals surface area (Å²) < 4.78 is 5.51. The first-order valence-corrected chi connectivity index (χ1v) is 7.50. The molecule has 3 rings (SSSR count). The average Bonchev–Trinajstić information content (AvgIpc) is 2.83. The first-order valence-electron chi connectivity index (χ1n) is 7.12. The van der Waals surface area contributed by atoms with E-state index in [1.54, 1.807) is 0 Å². The zero-order valence-corrected chi connectivity index (χ0v) is 12.2. The summed E-state index contributed by atoms with van der Waals surface area (Å²) in [5.41, 5.74) is 1.76. The number of ether oxygens (including phenoxy) is 1. The van der Waals surface area contributed by atoms with Gasteiger partial charge in [-0.3, -0.25) is 4.90 Å². The number of rotatable bonds is 2. The van der Waals surface area contributed by atoms with Gasteiger partial charge in [0.25, 0.3) is 0 Å². The lowest BCUT2D eigenvalue weighted by Crippen LogP contribution is -2.34. The predicted octanol–water partition coefficient (Wildman–Crippen LogP) is 3.30. The second-order valence-electron chi connectivity index (χ2n) is 5.92. The Hall–Kier alpha value is -0.640. The van der Waals surface area contributed by atoms with Crippen molar-refractivity contribution in [3.05, 3.63) is 29.0 Å². The van der Waals surface area contributed by atoms with Gasteiger partial charge in [-0.25, -0.2) is 4.98 Å². The van der Waals surface area contributed by atoms with Gasteiger partial charge in [-0.2, -0.15) is 0 Å². The Kier molecular flexibility index (Phi) is 3.79. The van der Waals surface area contributed by atoms with Crippen LogP contribution in [0, 0.1) is 5.41 Å². The van der Waals surface area contributed by atoms with E-state index in [1.807, 2.05) is 12.3 Å². The molecule has 2 saturated heterocycles. The number of hydrogen-bond donors (Lipinski definition) is 0. The SMILES string of the molecule is CC(c1ccc(Cl)nc1)N1CCC2(CCOCC2)C1. The molecule has 0 saturated carbocycles. The predicted molar refractivity (Wildman–Crippen MR) is 76.3 cm³/mol. The molecule has 3 heterocycles. The fourth-order valence-electron chi connectivity index (χ4n) is 3.36. The molecule has 0 bridgehead atoms. The maximum Gasteiger partial charge on any atom is 0.129 e. The highest BCUT2D eigenvalue weighted by atomic mass is 35.5. The maximum absolute atomic E-state index is 5.85. The van der Waals surface area contributed by atoms with E-state index < -0.39 is 0 Å². The first kappa shape index (κ1) is 13.3. The molecule has 0 aliphatic carbocycles. The van der Waals surface area contributed by atoms with Crippen molar-refractivity contribution >= 4 is 11.6 Å². The fraction of sp³-hybridized carbons (Fsp3) is 0.667. The van der Waals surface area contributed by atoms with Crippen LogP contribution in [0.3, 0.4) is 0 Å². The Morgan fingerprint density at radius 3 is 2.79 bits per heavy atom. The highest BCUT2D eigenvalue weighted by molar-refractivity contribution is 6.29. The van der Waals surface area contributed by atoms with Gasteiger partial charge in [0.15, 0.2) is 0 Å². The third kappa shape index (κ3) is 2.78. The van der Waals surface area contributed by atoms with Gasteiger partial charge in [-0.05, 0) is 49.8 Å². The monoisotopic (exact) mass is 280 g/mol. The van der Waals surface area contributed by atoms with Gasteiger partial charge in [0, 0.05) is 32.0 Å². The van der Waals surface area contributed by atoms with Crippen LogP contribution in [0.5, 0.6) is 0 Å². The molecule has 2 aliphatic heterocycles. The molecule has 3 nitrogen and oxygen atoms in total. The van der Waals surface area contributed by atoms with E-state index >= 15 is 0 Å². The van der Waals surface area contributed by atoms with Crippen LogP contribution in [-0.2, 0) is 4.74 Å². The maximum atomic E-state index is 5.85. The smallest absolute Gasteiger partial charge is 0.129 e. The Morgan fingerprint density at radius 2 is 2.11 bits per heavy atom. The minimum atomic E-state index is 0.423. The number of hydrogen-bond acceptors (Lipinski definition) is 3. The van der Waals surface area contributed by atoms with Gasteiger partial charge >= 0.3 is 0 Å². The van der Waals surface area contributed by atoms with E-state index in [2.05, 4.69) is 22.9 Å². The molecule has 104 valence electrons. The van der Waals surface area contributed by atoms with Gasteiger partial charge in [0.1, 0.15) is 5.15 Å². The summed E-state index contributed by atoms with van der Waals surface area (Å²) in [6.45, 7) is 6.52. The second-order valence-corrected chi connectivity index (χ2v) is 6.31. The minimum Gasteiger partial charge on any atom is -0.381 e. The van der Waals surface area contributed by atoms with Crippen LogP contribution in [0.25, 0.3) is 0 Å². The van der Waals surface area contributed by atoms with Crippen LogP contribution in [-0.4, -0.2) is 36.2 Å². The second kappa shape index (κ2) is 5.39. The van der Waals surface area contributed by atoms with Crippen molar-refractivity contribution < 1.29 is 4.74 Å². The third-order valence-corrected chi connectivity index (χ3v) is 5.03. The minimum absolute atomic E-state index is 0.423. The molecule has 1 aromatic rings. The molecule has 2 fully saturated rings. The molecule has 4 heteroatoms. The van der Waals surface area contributed by atoms with Crippen molar-refractivity contribution in [3.63, 3.8) is 0 Å². The molecule has 1 unspecified atom stereocenters. The summed E-state index contributed by atoms with van der Waals surface area (Å²) in [6, 6.07) is 4.40.